The fourth-order valence-electron chi connectivity index (χ4n) is 1.65. The molecule has 0 saturated carbocycles. The number of Topliss-reactive ketones (excluding diaryl/α,β-unsaturated/α-hetero) is 1. The Hall–Kier alpha value is -1.65. The number of carbonyl (C=O) groups excluding carboxylic acids is 2. The molecule has 1 rings (SSSR count). The molecule has 1 aromatic rings. The standard InChI is InChI=1S/C13H21N3O2/c1-7(2)8(3)14-13(18)12(17)11-9(4)15-16(6)10(11)5/h7-8H,1-6H3,(H,14,18). The van der Waals surface area contributed by atoms with Crippen LogP contribution in [0.3, 0.4) is 0 Å². The Morgan fingerprint density at radius 3 is 2.17 bits per heavy atom. The van der Waals surface area contributed by atoms with E-state index in [0.717, 1.165) is 0 Å². The van der Waals surface area contributed by atoms with Crippen molar-refractivity contribution in [3.8, 4) is 0 Å². The average molecular weight is 251 g/mol. The minimum Gasteiger partial charge on any atom is -0.346 e. The highest BCUT2D eigenvalue weighted by Gasteiger charge is 2.25. The number of hydrogen-bond donors (Lipinski definition) is 1. The van der Waals surface area contributed by atoms with Gasteiger partial charge in [0, 0.05) is 18.8 Å². The summed E-state index contributed by atoms with van der Waals surface area (Å²) >= 11 is 0. The fraction of sp³-hybridized carbons (Fsp3) is 0.615. The number of aromatic nitrogens is 2. The molecule has 0 aliphatic heterocycles. The zero-order valence-corrected chi connectivity index (χ0v) is 11.9. The van der Waals surface area contributed by atoms with Crippen molar-refractivity contribution >= 4 is 11.7 Å². The predicted octanol–water partition coefficient (Wildman–Crippen LogP) is 1.38. The van der Waals surface area contributed by atoms with Crippen LogP contribution >= 0.6 is 0 Å². The summed E-state index contributed by atoms with van der Waals surface area (Å²) in [5, 5.41) is 6.86. The van der Waals surface area contributed by atoms with Crippen LogP contribution in [0.1, 0.15) is 42.5 Å². The smallest absolute Gasteiger partial charge is 0.292 e. The van der Waals surface area contributed by atoms with Crippen LogP contribution in [0.5, 0.6) is 0 Å². The third-order valence-corrected chi connectivity index (χ3v) is 3.30. The molecule has 0 bridgehead atoms. The maximum absolute atomic E-state index is 12.1. The highest BCUT2D eigenvalue weighted by Crippen LogP contribution is 2.13. The first-order valence-electron chi connectivity index (χ1n) is 6.11. The molecule has 100 valence electrons. The summed E-state index contributed by atoms with van der Waals surface area (Å²) in [4.78, 5) is 24.0. The molecule has 0 fully saturated rings. The molecular formula is C13H21N3O2. The molecule has 1 heterocycles. The monoisotopic (exact) mass is 251 g/mol. The number of rotatable bonds is 4. The van der Waals surface area contributed by atoms with Crippen molar-refractivity contribution < 1.29 is 9.59 Å². The van der Waals surface area contributed by atoms with Gasteiger partial charge in [-0.1, -0.05) is 13.8 Å². The molecule has 5 nitrogen and oxygen atoms in total. The first kappa shape index (κ1) is 14.4. The Labute approximate surface area is 108 Å². The van der Waals surface area contributed by atoms with Crippen LogP contribution in [0.25, 0.3) is 0 Å². The SMILES string of the molecule is Cc1nn(C)c(C)c1C(=O)C(=O)NC(C)C(C)C. The Morgan fingerprint density at radius 1 is 1.22 bits per heavy atom. The van der Waals surface area contributed by atoms with Gasteiger partial charge >= 0.3 is 0 Å². The van der Waals surface area contributed by atoms with Crippen molar-refractivity contribution in [3.05, 3.63) is 17.0 Å². The molecule has 0 spiro atoms. The van der Waals surface area contributed by atoms with E-state index in [9.17, 15) is 9.59 Å². The van der Waals surface area contributed by atoms with E-state index in [1.165, 1.54) is 0 Å². The quantitative estimate of drug-likeness (QED) is 0.649. The molecule has 1 amide bonds. The summed E-state index contributed by atoms with van der Waals surface area (Å²) in [5.41, 5.74) is 1.71. The second kappa shape index (κ2) is 5.33. The lowest BCUT2D eigenvalue weighted by molar-refractivity contribution is -0.117. The first-order valence-corrected chi connectivity index (χ1v) is 6.11. The second-order valence-corrected chi connectivity index (χ2v) is 5.00. The molecule has 0 aliphatic rings. The van der Waals surface area contributed by atoms with E-state index in [-0.39, 0.29) is 12.0 Å². The van der Waals surface area contributed by atoms with Gasteiger partial charge in [-0.05, 0) is 26.7 Å². The van der Waals surface area contributed by atoms with Crippen LogP contribution in [0.15, 0.2) is 0 Å². The molecule has 0 aliphatic carbocycles. The molecule has 18 heavy (non-hydrogen) atoms. The van der Waals surface area contributed by atoms with E-state index in [0.29, 0.717) is 17.0 Å². The number of carbonyl (C=O) groups is 2. The molecule has 1 aromatic heterocycles. The number of nitrogens with one attached hydrogen (secondary N) is 1. The molecular weight excluding hydrogens is 230 g/mol. The summed E-state index contributed by atoms with van der Waals surface area (Å²) in [6, 6.07) is -0.0290. The van der Waals surface area contributed by atoms with Gasteiger partial charge in [-0.3, -0.25) is 14.3 Å². The topological polar surface area (TPSA) is 64.0 Å². The van der Waals surface area contributed by atoms with Crippen LogP contribution < -0.4 is 5.32 Å². The molecule has 1 atom stereocenters. The Bertz CT molecular complexity index is 475. The molecule has 0 saturated heterocycles. The van der Waals surface area contributed by atoms with Gasteiger partial charge in [-0.2, -0.15) is 5.10 Å². The van der Waals surface area contributed by atoms with Gasteiger partial charge in [0.1, 0.15) is 0 Å². The van der Waals surface area contributed by atoms with Gasteiger partial charge in [0.05, 0.1) is 11.3 Å². The molecule has 5 heteroatoms. The minimum absolute atomic E-state index is 0.0290. The van der Waals surface area contributed by atoms with E-state index in [2.05, 4.69) is 10.4 Å². The van der Waals surface area contributed by atoms with Crippen molar-refractivity contribution in [2.75, 3.05) is 0 Å². The van der Waals surface area contributed by atoms with Gasteiger partial charge in [-0.15, -0.1) is 0 Å². The third kappa shape index (κ3) is 2.78. The molecule has 0 radical (unpaired) electrons. The molecule has 1 unspecified atom stereocenters. The largest absolute Gasteiger partial charge is 0.346 e. The highest BCUT2D eigenvalue weighted by atomic mass is 16.2. The van der Waals surface area contributed by atoms with Crippen molar-refractivity contribution in [2.24, 2.45) is 13.0 Å². The van der Waals surface area contributed by atoms with Gasteiger partial charge < -0.3 is 5.32 Å². The zero-order valence-electron chi connectivity index (χ0n) is 11.9. The van der Waals surface area contributed by atoms with Gasteiger partial charge in [0.15, 0.2) is 0 Å². The van der Waals surface area contributed by atoms with E-state index >= 15 is 0 Å². The number of hydrogen-bond acceptors (Lipinski definition) is 3. The number of aryl methyl sites for hydroxylation is 2. The number of amides is 1. The van der Waals surface area contributed by atoms with E-state index in [4.69, 9.17) is 0 Å². The third-order valence-electron chi connectivity index (χ3n) is 3.30. The average Bonchev–Trinajstić information content (AvgIpc) is 2.52. The van der Waals surface area contributed by atoms with Gasteiger partial charge in [0.2, 0.25) is 0 Å². The summed E-state index contributed by atoms with van der Waals surface area (Å²) in [5.74, 6) is -0.779. The number of ketones is 1. The van der Waals surface area contributed by atoms with Crippen LogP contribution in [0.2, 0.25) is 0 Å². The summed E-state index contributed by atoms with van der Waals surface area (Å²) in [7, 11) is 1.76. The zero-order chi connectivity index (χ0) is 14.0. The fourth-order valence-corrected chi connectivity index (χ4v) is 1.65. The van der Waals surface area contributed by atoms with Crippen molar-refractivity contribution in [1.29, 1.82) is 0 Å². The lowest BCUT2D eigenvalue weighted by atomic mass is 10.0. The normalized spacial score (nSPS) is 12.6. The summed E-state index contributed by atoms with van der Waals surface area (Å²) < 4.78 is 1.61. The first-order chi connectivity index (χ1) is 8.25. The van der Waals surface area contributed by atoms with Crippen LogP contribution in [0.4, 0.5) is 0 Å². The predicted molar refractivity (Wildman–Crippen MR) is 69.5 cm³/mol. The van der Waals surface area contributed by atoms with Crippen molar-refractivity contribution in [2.45, 2.75) is 40.7 Å². The number of nitrogens with zero attached hydrogens (tertiary/aromatic N) is 2. The van der Waals surface area contributed by atoms with E-state index in [1.807, 2.05) is 20.8 Å². The lowest BCUT2D eigenvalue weighted by Gasteiger charge is -2.16. The molecule has 0 aromatic carbocycles. The van der Waals surface area contributed by atoms with Gasteiger partial charge in [0.25, 0.3) is 11.7 Å². The lowest BCUT2D eigenvalue weighted by Crippen LogP contribution is -2.40. The van der Waals surface area contributed by atoms with Crippen LogP contribution in [0, 0.1) is 19.8 Å². The maximum Gasteiger partial charge on any atom is 0.292 e. The van der Waals surface area contributed by atoms with Crippen molar-refractivity contribution in [3.63, 3.8) is 0 Å². The van der Waals surface area contributed by atoms with Gasteiger partial charge in [-0.25, -0.2) is 0 Å². The van der Waals surface area contributed by atoms with E-state index < -0.39 is 11.7 Å². The maximum atomic E-state index is 12.1. The highest BCUT2D eigenvalue weighted by molar-refractivity contribution is 6.43. The second-order valence-electron chi connectivity index (χ2n) is 5.00. The van der Waals surface area contributed by atoms with Crippen LogP contribution in [-0.4, -0.2) is 27.5 Å². The van der Waals surface area contributed by atoms with E-state index in [1.54, 1.807) is 25.6 Å². The summed E-state index contributed by atoms with van der Waals surface area (Å²) in [6.45, 7) is 9.40. The van der Waals surface area contributed by atoms with Crippen LogP contribution in [-0.2, 0) is 11.8 Å². The molecule has 1 N–H and O–H groups in total. The Balaban J connectivity index is 2.91. The summed E-state index contributed by atoms with van der Waals surface area (Å²) in [6.07, 6.45) is 0. The Kier molecular flexibility index (Phi) is 4.27. The van der Waals surface area contributed by atoms with Crippen molar-refractivity contribution in [1.82, 2.24) is 15.1 Å². The minimum atomic E-state index is -0.560. The Morgan fingerprint density at radius 2 is 1.78 bits per heavy atom.